The first-order chi connectivity index (χ1) is 7.65. The summed E-state index contributed by atoms with van der Waals surface area (Å²) in [6.45, 7) is 0.550. The fourth-order valence-electron chi connectivity index (χ4n) is 1.51. The lowest BCUT2D eigenvalue weighted by atomic mass is 10.1. The molecule has 2 N–H and O–H groups in total. The Morgan fingerprint density at radius 1 is 1.38 bits per heavy atom. The smallest absolute Gasteiger partial charge is 0.165 e. The highest BCUT2D eigenvalue weighted by Gasteiger charge is 2.17. The number of halogens is 2. The minimum absolute atomic E-state index is 0.357. The monoisotopic (exact) mass is 291 g/mol. The van der Waals surface area contributed by atoms with E-state index >= 15 is 0 Å². The largest absolute Gasteiger partial charge is 0.493 e. The van der Waals surface area contributed by atoms with Crippen LogP contribution >= 0.6 is 15.9 Å². The molecule has 0 fully saturated rings. The summed E-state index contributed by atoms with van der Waals surface area (Å²) < 4.78 is 24.3. The molecule has 0 aromatic heterocycles. The number of hydrogen-bond donors (Lipinski definition) is 1. The van der Waals surface area contributed by atoms with Crippen LogP contribution in [0.4, 0.5) is 4.39 Å². The Morgan fingerprint density at radius 2 is 2.06 bits per heavy atom. The normalized spacial score (nSPS) is 10.3. The summed E-state index contributed by atoms with van der Waals surface area (Å²) in [5.41, 5.74) is 6.20. The third kappa shape index (κ3) is 2.65. The van der Waals surface area contributed by atoms with Crippen molar-refractivity contribution in [3.63, 3.8) is 0 Å². The first kappa shape index (κ1) is 13.3. The maximum absolute atomic E-state index is 13.6. The zero-order valence-corrected chi connectivity index (χ0v) is 10.9. The predicted octanol–water partition coefficient (Wildman–Crippen LogP) is 2.50. The van der Waals surface area contributed by atoms with Crippen LogP contribution in [0.1, 0.15) is 12.0 Å². The molecule has 0 aliphatic heterocycles. The molecule has 0 spiro atoms. The summed E-state index contributed by atoms with van der Waals surface area (Å²) in [4.78, 5) is 0. The van der Waals surface area contributed by atoms with Crippen molar-refractivity contribution < 1.29 is 13.9 Å². The van der Waals surface area contributed by atoms with Crippen LogP contribution in [0, 0.1) is 5.82 Å². The summed E-state index contributed by atoms with van der Waals surface area (Å²) in [6.07, 6.45) is 1.41. The Bertz CT molecular complexity index is 371. The van der Waals surface area contributed by atoms with E-state index in [9.17, 15) is 4.39 Å². The van der Waals surface area contributed by atoms with Gasteiger partial charge in [0.05, 0.1) is 18.7 Å². The van der Waals surface area contributed by atoms with E-state index in [2.05, 4.69) is 15.9 Å². The van der Waals surface area contributed by atoms with Crippen LogP contribution in [0.15, 0.2) is 10.5 Å². The van der Waals surface area contributed by atoms with Crippen molar-refractivity contribution in [2.45, 2.75) is 12.8 Å². The van der Waals surface area contributed by atoms with E-state index in [4.69, 9.17) is 15.2 Å². The topological polar surface area (TPSA) is 44.5 Å². The van der Waals surface area contributed by atoms with Crippen molar-refractivity contribution in [2.24, 2.45) is 5.73 Å². The van der Waals surface area contributed by atoms with Crippen LogP contribution in [-0.4, -0.2) is 20.8 Å². The first-order valence-electron chi connectivity index (χ1n) is 4.94. The highest BCUT2D eigenvalue weighted by atomic mass is 79.9. The zero-order valence-electron chi connectivity index (χ0n) is 9.35. The maximum Gasteiger partial charge on any atom is 0.165 e. The van der Waals surface area contributed by atoms with Crippen molar-refractivity contribution >= 4 is 15.9 Å². The lowest BCUT2D eigenvalue weighted by Gasteiger charge is -2.14. The number of hydrogen-bond acceptors (Lipinski definition) is 3. The van der Waals surface area contributed by atoms with Crippen molar-refractivity contribution in [1.29, 1.82) is 0 Å². The summed E-state index contributed by atoms with van der Waals surface area (Å²) in [5, 5.41) is 0. The van der Waals surface area contributed by atoms with Gasteiger partial charge in [0.25, 0.3) is 0 Å². The maximum atomic E-state index is 13.6. The van der Waals surface area contributed by atoms with Gasteiger partial charge in [-0.15, -0.1) is 0 Å². The highest BCUT2D eigenvalue weighted by Crippen LogP contribution is 2.38. The number of nitrogens with two attached hydrogens (primary N) is 1. The second kappa shape index (κ2) is 6.06. The van der Waals surface area contributed by atoms with E-state index in [1.807, 2.05) is 0 Å². The minimum atomic E-state index is -0.357. The van der Waals surface area contributed by atoms with Gasteiger partial charge in [0.15, 0.2) is 11.5 Å². The molecule has 3 nitrogen and oxygen atoms in total. The quantitative estimate of drug-likeness (QED) is 0.907. The molecule has 0 heterocycles. The molecule has 0 unspecified atom stereocenters. The standard InChI is InChI=1S/C11H15BrFNO2/c1-15-9-6-8(13)10(12)7(4-3-5-14)11(9)16-2/h6H,3-5,14H2,1-2H3. The molecular formula is C11H15BrFNO2. The molecule has 90 valence electrons. The van der Waals surface area contributed by atoms with Gasteiger partial charge in [0.1, 0.15) is 5.82 Å². The van der Waals surface area contributed by atoms with Gasteiger partial charge in [-0.1, -0.05) is 0 Å². The van der Waals surface area contributed by atoms with E-state index in [0.29, 0.717) is 28.9 Å². The van der Waals surface area contributed by atoms with Gasteiger partial charge < -0.3 is 15.2 Å². The third-order valence-corrected chi connectivity index (χ3v) is 3.14. The molecule has 0 radical (unpaired) electrons. The fraction of sp³-hybridized carbons (Fsp3) is 0.455. The van der Waals surface area contributed by atoms with Crippen molar-refractivity contribution in [1.82, 2.24) is 0 Å². The number of rotatable bonds is 5. The van der Waals surface area contributed by atoms with Crippen LogP contribution in [0.3, 0.4) is 0 Å². The molecule has 0 bridgehead atoms. The average molecular weight is 292 g/mol. The third-order valence-electron chi connectivity index (χ3n) is 2.29. The SMILES string of the molecule is COc1cc(F)c(Br)c(CCCN)c1OC. The summed E-state index contributed by atoms with van der Waals surface area (Å²) in [7, 11) is 3.02. The van der Waals surface area contributed by atoms with Gasteiger partial charge in [-0.2, -0.15) is 0 Å². The number of benzene rings is 1. The van der Waals surface area contributed by atoms with E-state index < -0.39 is 0 Å². The van der Waals surface area contributed by atoms with E-state index in [0.717, 1.165) is 12.0 Å². The van der Waals surface area contributed by atoms with E-state index in [1.165, 1.54) is 20.3 Å². The van der Waals surface area contributed by atoms with Gasteiger partial charge in [0, 0.05) is 11.6 Å². The van der Waals surface area contributed by atoms with E-state index in [1.54, 1.807) is 0 Å². The van der Waals surface area contributed by atoms with Crippen LogP contribution in [0.2, 0.25) is 0 Å². The first-order valence-corrected chi connectivity index (χ1v) is 5.73. The molecule has 1 aromatic rings. The number of methoxy groups -OCH3 is 2. The van der Waals surface area contributed by atoms with Gasteiger partial charge in [-0.3, -0.25) is 0 Å². The summed E-state index contributed by atoms with van der Waals surface area (Å²) in [5.74, 6) is 0.601. The second-order valence-electron chi connectivity index (χ2n) is 3.28. The zero-order chi connectivity index (χ0) is 12.1. The fourth-order valence-corrected chi connectivity index (χ4v) is 2.01. The van der Waals surface area contributed by atoms with Gasteiger partial charge in [-0.05, 0) is 35.3 Å². The predicted molar refractivity (Wildman–Crippen MR) is 64.6 cm³/mol. The summed E-state index contributed by atoms with van der Waals surface area (Å²) >= 11 is 3.21. The highest BCUT2D eigenvalue weighted by molar-refractivity contribution is 9.10. The molecular weight excluding hydrogens is 277 g/mol. The minimum Gasteiger partial charge on any atom is -0.493 e. The molecule has 0 amide bonds. The Kier molecular flexibility index (Phi) is 5.02. The van der Waals surface area contributed by atoms with Crippen LogP contribution < -0.4 is 15.2 Å². The molecule has 0 atom stereocenters. The molecule has 1 rings (SSSR count). The van der Waals surface area contributed by atoms with Crippen LogP contribution in [0.25, 0.3) is 0 Å². The van der Waals surface area contributed by atoms with Gasteiger partial charge >= 0.3 is 0 Å². The Morgan fingerprint density at radius 3 is 2.56 bits per heavy atom. The molecule has 16 heavy (non-hydrogen) atoms. The van der Waals surface area contributed by atoms with Crippen molar-refractivity contribution in [3.05, 3.63) is 21.9 Å². The van der Waals surface area contributed by atoms with Gasteiger partial charge in [-0.25, -0.2) is 4.39 Å². The van der Waals surface area contributed by atoms with Crippen LogP contribution in [-0.2, 0) is 6.42 Å². The molecule has 0 saturated heterocycles. The van der Waals surface area contributed by atoms with Crippen molar-refractivity contribution in [2.75, 3.05) is 20.8 Å². The number of ether oxygens (including phenoxy) is 2. The Balaban J connectivity index is 3.23. The lowest BCUT2D eigenvalue weighted by Crippen LogP contribution is -2.04. The van der Waals surface area contributed by atoms with Gasteiger partial charge in [0.2, 0.25) is 0 Å². The molecule has 0 saturated carbocycles. The molecule has 0 aliphatic rings. The molecule has 1 aromatic carbocycles. The molecule has 5 heteroatoms. The Hall–Kier alpha value is -0.810. The molecule has 0 aliphatic carbocycles. The second-order valence-corrected chi connectivity index (χ2v) is 4.07. The lowest BCUT2D eigenvalue weighted by molar-refractivity contribution is 0.348. The van der Waals surface area contributed by atoms with Crippen molar-refractivity contribution in [3.8, 4) is 11.5 Å². The van der Waals surface area contributed by atoms with Crippen LogP contribution in [0.5, 0.6) is 11.5 Å². The van der Waals surface area contributed by atoms with E-state index in [-0.39, 0.29) is 5.82 Å². The average Bonchev–Trinajstić information content (AvgIpc) is 2.30. The Labute approximate surface area is 103 Å². The summed E-state index contributed by atoms with van der Waals surface area (Å²) in [6, 6.07) is 1.30.